The minimum Gasteiger partial charge on any atom is -0.379 e. The Balaban J connectivity index is 1.33. The van der Waals surface area contributed by atoms with Gasteiger partial charge in [0.05, 0.1) is 35.3 Å². The van der Waals surface area contributed by atoms with E-state index in [0.717, 1.165) is 42.8 Å². The lowest BCUT2D eigenvalue weighted by molar-refractivity contribution is -0.143. The summed E-state index contributed by atoms with van der Waals surface area (Å²) in [6.07, 6.45) is 1.58. The normalized spacial score (nSPS) is 20.6. The third-order valence-corrected chi connectivity index (χ3v) is 7.20. The third kappa shape index (κ3) is 4.97. The van der Waals surface area contributed by atoms with E-state index in [9.17, 15) is 9.59 Å². The number of aromatic nitrogens is 1. The summed E-state index contributed by atoms with van der Waals surface area (Å²) in [7, 11) is 0. The molecule has 1 aromatic heterocycles. The Morgan fingerprint density at radius 3 is 2.65 bits per heavy atom. The highest BCUT2D eigenvalue weighted by Gasteiger charge is 2.37. The predicted octanol–water partition coefficient (Wildman–Crippen LogP) is 2.45. The van der Waals surface area contributed by atoms with Crippen molar-refractivity contribution in [2.24, 2.45) is 0 Å². The van der Waals surface area contributed by atoms with Crippen molar-refractivity contribution in [3.63, 3.8) is 0 Å². The molecule has 0 radical (unpaired) electrons. The molecular formula is C23H30N4O3S. The molecule has 3 heterocycles. The van der Waals surface area contributed by atoms with Crippen molar-refractivity contribution in [3.05, 3.63) is 41.0 Å². The van der Waals surface area contributed by atoms with Crippen LogP contribution in [0.25, 0.3) is 10.4 Å². The molecule has 8 heteroatoms. The number of carbonyl (C=O) groups excluding carboxylic acids is 2. The van der Waals surface area contributed by atoms with Gasteiger partial charge in [-0.2, -0.15) is 0 Å². The first kappa shape index (κ1) is 21.9. The topological polar surface area (TPSA) is 74.8 Å². The van der Waals surface area contributed by atoms with Crippen LogP contribution in [0.5, 0.6) is 0 Å². The zero-order valence-electron chi connectivity index (χ0n) is 18.2. The zero-order chi connectivity index (χ0) is 21.8. The maximum atomic E-state index is 13.1. The Kier molecular flexibility index (Phi) is 6.99. The summed E-state index contributed by atoms with van der Waals surface area (Å²) in [6, 6.07) is 7.60. The van der Waals surface area contributed by atoms with E-state index in [1.807, 2.05) is 31.5 Å². The van der Waals surface area contributed by atoms with Crippen molar-refractivity contribution in [1.29, 1.82) is 0 Å². The smallest absolute Gasteiger partial charge is 0.243 e. The van der Waals surface area contributed by atoms with Crippen molar-refractivity contribution in [2.45, 2.75) is 45.3 Å². The van der Waals surface area contributed by atoms with Crippen LogP contribution in [0.4, 0.5) is 0 Å². The molecule has 2 aliphatic heterocycles. The number of carbonyl (C=O) groups is 2. The van der Waals surface area contributed by atoms with Crippen LogP contribution in [-0.4, -0.2) is 71.5 Å². The summed E-state index contributed by atoms with van der Waals surface area (Å²) in [5.74, 6) is -0.0220. The van der Waals surface area contributed by atoms with Crippen molar-refractivity contribution >= 4 is 23.2 Å². The van der Waals surface area contributed by atoms with Crippen LogP contribution in [0, 0.1) is 6.92 Å². The minimum atomic E-state index is -0.380. The van der Waals surface area contributed by atoms with Gasteiger partial charge < -0.3 is 15.0 Å². The molecule has 1 unspecified atom stereocenters. The second-order valence-electron chi connectivity index (χ2n) is 8.20. The molecule has 2 aliphatic rings. The van der Waals surface area contributed by atoms with Crippen molar-refractivity contribution in [1.82, 2.24) is 20.1 Å². The molecule has 1 N–H and O–H groups in total. The van der Waals surface area contributed by atoms with Gasteiger partial charge in [0, 0.05) is 26.2 Å². The van der Waals surface area contributed by atoms with Gasteiger partial charge in [-0.15, -0.1) is 11.3 Å². The fraction of sp³-hybridized carbons (Fsp3) is 0.522. The summed E-state index contributed by atoms with van der Waals surface area (Å²) in [5, 5.41) is 3.03. The number of likely N-dealkylation sites (tertiary alicyclic amines) is 1. The monoisotopic (exact) mass is 442 g/mol. The number of benzene rings is 1. The van der Waals surface area contributed by atoms with Crippen LogP contribution in [0.15, 0.2) is 29.8 Å². The van der Waals surface area contributed by atoms with Gasteiger partial charge in [-0.05, 0) is 37.8 Å². The van der Waals surface area contributed by atoms with Crippen molar-refractivity contribution in [3.8, 4) is 10.4 Å². The molecule has 0 saturated carbocycles. The number of nitrogens with one attached hydrogen (secondary N) is 1. The Morgan fingerprint density at radius 1 is 1.23 bits per heavy atom. The summed E-state index contributed by atoms with van der Waals surface area (Å²) in [4.78, 5) is 35.3. The van der Waals surface area contributed by atoms with Crippen LogP contribution >= 0.6 is 11.3 Å². The van der Waals surface area contributed by atoms with Crippen LogP contribution in [0.2, 0.25) is 0 Å². The molecule has 31 heavy (non-hydrogen) atoms. The maximum Gasteiger partial charge on any atom is 0.243 e. The van der Waals surface area contributed by atoms with Gasteiger partial charge >= 0.3 is 0 Å². The average Bonchev–Trinajstić information content (AvgIpc) is 3.47. The molecule has 0 aliphatic carbocycles. The molecule has 2 aromatic rings. The van der Waals surface area contributed by atoms with Gasteiger partial charge in [-0.25, -0.2) is 4.98 Å². The van der Waals surface area contributed by atoms with Crippen molar-refractivity contribution < 1.29 is 14.3 Å². The number of nitrogens with zero attached hydrogens (tertiary/aromatic N) is 3. The largest absolute Gasteiger partial charge is 0.379 e. The number of hydrogen-bond donors (Lipinski definition) is 1. The standard InChI is InChI=1S/C23H30N4O3S/c1-16-21(31-15-25-16)19-7-5-18(6-8-19)14-24-22(28)20-4-3-9-27(20)23(29)17(2)26-10-12-30-13-11-26/h5-8,15,17,20H,3-4,9-14H2,1-2H3,(H,24,28)/t17?,20-/m0/s1. The van der Waals surface area contributed by atoms with E-state index in [1.54, 1.807) is 16.2 Å². The quantitative estimate of drug-likeness (QED) is 0.744. The second kappa shape index (κ2) is 9.89. The zero-order valence-corrected chi connectivity index (χ0v) is 19.0. The number of amides is 2. The fourth-order valence-electron chi connectivity index (χ4n) is 4.32. The Labute approximate surface area is 187 Å². The summed E-state index contributed by atoms with van der Waals surface area (Å²) in [6.45, 7) is 7.88. The first-order chi connectivity index (χ1) is 15.0. The molecule has 0 spiro atoms. The first-order valence-corrected chi connectivity index (χ1v) is 11.8. The number of hydrogen-bond acceptors (Lipinski definition) is 6. The highest BCUT2D eigenvalue weighted by Crippen LogP contribution is 2.27. The number of thiazole rings is 1. The lowest BCUT2D eigenvalue weighted by Gasteiger charge is -2.35. The molecule has 0 bridgehead atoms. The number of rotatable bonds is 6. The van der Waals surface area contributed by atoms with Gasteiger partial charge in [0.2, 0.25) is 11.8 Å². The summed E-state index contributed by atoms with van der Waals surface area (Å²) < 4.78 is 5.39. The second-order valence-corrected chi connectivity index (χ2v) is 9.05. The van der Waals surface area contributed by atoms with E-state index >= 15 is 0 Å². The third-order valence-electron chi connectivity index (χ3n) is 6.22. The molecular weight excluding hydrogens is 412 g/mol. The van der Waals surface area contributed by atoms with E-state index in [-0.39, 0.29) is 23.9 Å². The Bertz CT molecular complexity index is 908. The van der Waals surface area contributed by atoms with E-state index in [4.69, 9.17) is 4.74 Å². The molecule has 2 saturated heterocycles. The molecule has 7 nitrogen and oxygen atoms in total. The maximum absolute atomic E-state index is 13.1. The molecule has 166 valence electrons. The van der Waals surface area contributed by atoms with Crippen LogP contribution < -0.4 is 5.32 Å². The van der Waals surface area contributed by atoms with Gasteiger partial charge in [0.1, 0.15) is 6.04 Å². The number of ether oxygens (including phenoxy) is 1. The van der Waals surface area contributed by atoms with E-state index in [2.05, 4.69) is 27.3 Å². The minimum absolute atomic E-state index is 0.0452. The molecule has 4 rings (SSSR count). The van der Waals surface area contributed by atoms with Gasteiger partial charge in [0.25, 0.3) is 0 Å². The van der Waals surface area contributed by atoms with Gasteiger partial charge in [0.15, 0.2) is 0 Å². The summed E-state index contributed by atoms with van der Waals surface area (Å²) >= 11 is 1.63. The SMILES string of the molecule is Cc1ncsc1-c1ccc(CNC(=O)[C@@H]2CCCN2C(=O)C(C)N2CCOCC2)cc1. The van der Waals surface area contributed by atoms with E-state index < -0.39 is 0 Å². The predicted molar refractivity (Wildman–Crippen MR) is 121 cm³/mol. The molecule has 2 fully saturated rings. The Morgan fingerprint density at radius 2 is 1.97 bits per heavy atom. The fourth-order valence-corrected chi connectivity index (χ4v) is 5.14. The Hall–Kier alpha value is -2.29. The van der Waals surface area contributed by atoms with Gasteiger partial charge in [-0.1, -0.05) is 24.3 Å². The lowest BCUT2D eigenvalue weighted by atomic mass is 10.1. The molecule has 1 aromatic carbocycles. The number of aryl methyl sites for hydroxylation is 1. The van der Waals surface area contributed by atoms with Crippen LogP contribution in [0.1, 0.15) is 31.0 Å². The average molecular weight is 443 g/mol. The highest BCUT2D eigenvalue weighted by atomic mass is 32.1. The van der Waals surface area contributed by atoms with Crippen LogP contribution in [0.3, 0.4) is 0 Å². The van der Waals surface area contributed by atoms with Crippen molar-refractivity contribution in [2.75, 3.05) is 32.8 Å². The van der Waals surface area contributed by atoms with E-state index in [1.165, 1.54) is 4.88 Å². The van der Waals surface area contributed by atoms with Gasteiger partial charge in [-0.3, -0.25) is 14.5 Å². The summed E-state index contributed by atoms with van der Waals surface area (Å²) in [5.41, 5.74) is 5.06. The number of morpholine rings is 1. The molecule has 2 atom stereocenters. The van der Waals surface area contributed by atoms with Crippen LogP contribution in [-0.2, 0) is 20.9 Å². The van der Waals surface area contributed by atoms with E-state index in [0.29, 0.717) is 26.3 Å². The lowest BCUT2D eigenvalue weighted by Crippen LogP contribution is -2.54. The molecule has 2 amide bonds. The first-order valence-electron chi connectivity index (χ1n) is 10.9. The highest BCUT2D eigenvalue weighted by molar-refractivity contribution is 7.13.